The number of hydrogen-bond acceptors (Lipinski definition) is 10. The molecule has 52 heavy (non-hydrogen) atoms. The minimum Gasteiger partial charge on any atom is -0.508 e. The summed E-state index contributed by atoms with van der Waals surface area (Å²) in [5.74, 6) is -14.0. The maximum Gasteiger partial charge on any atom is 0.325 e. The predicted molar refractivity (Wildman–Crippen MR) is 187 cm³/mol. The van der Waals surface area contributed by atoms with Crippen LogP contribution < -0.4 is 0 Å². The van der Waals surface area contributed by atoms with Crippen LogP contribution in [0, 0.1) is 10.8 Å². The topological polar surface area (TPSA) is 202 Å². The fraction of sp³-hybridized carbons (Fsp3) is 0.211. The Balaban J connectivity index is 2.19. The van der Waals surface area contributed by atoms with E-state index in [4.69, 9.17) is 32.7 Å². The first-order valence-electron chi connectivity index (χ1n) is 15.4. The number of hydrogen-bond donors (Lipinski definition) is 4. The highest BCUT2D eigenvalue weighted by atomic mass is 35.5. The van der Waals surface area contributed by atoms with Crippen molar-refractivity contribution >= 4 is 58.6 Å². The highest BCUT2D eigenvalue weighted by molar-refractivity contribution is 6.31. The number of carbonyl (C=O) groups excluding carboxylic acids is 4. The quantitative estimate of drug-likeness (QED) is 0.0600. The van der Waals surface area contributed by atoms with Crippen molar-refractivity contribution in [3.05, 3.63) is 129 Å². The van der Waals surface area contributed by atoms with Gasteiger partial charge in [0.1, 0.15) is 11.5 Å². The lowest BCUT2D eigenvalue weighted by atomic mass is 9.48. The molecule has 0 aromatic heterocycles. The SMILES string of the molecule is COC(=O)C(C(=O)OC)(C(CC(=O)c1ccc(O)cc1)c1ccc(Cl)cc1)C(C(=O)O)(C(=O)O)C(CC(=O)c1ccc(O)cc1)c1ccc(Cl)cc1. The normalized spacial score (nSPS) is 12.6. The number of carbonyl (C=O) groups is 6. The minimum absolute atomic E-state index is 0.0478. The number of esters is 2. The number of methoxy groups -OCH3 is 2. The van der Waals surface area contributed by atoms with Gasteiger partial charge >= 0.3 is 23.9 Å². The Morgan fingerprint density at radius 1 is 0.538 bits per heavy atom. The second kappa shape index (κ2) is 16.1. The van der Waals surface area contributed by atoms with Gasteiger partial charge in [-0.05, 0) is 83.9 Å². The first-order chi connectivity index (χ1) is 24.6. The van der Waals surface area contributed by atoms with E-state index < -0.39 is 71.0 Å². The van der Waals surface area contributed by atoms with Crippen molar-refractivity contribution in [3.63, 3.8) is 0 Å². The molecule has 0 heterocycles. The molecule has 2 atom stereocenters. The number of phenolic OH excluding ortho intramolecular Hbond substituents is 2. The van der Waals surface area contributed by atoms with Gasteiger partial charge in [0.05, 0.1) is 14.2 Å². The highest BCUT2D eigenvalue weighted by Gasteiger charge is 2.78. The summed E-state index contributed by atoms with van der Waals surface area (Å²) in [6.45, 7) is 0. The van der Waals surface area contributed by atoms with Crippen LogP contribution in [0.3, 0.4) is 0 Å². The third-order valence-electron chi connectivity index (χ3n) is 9.06. The molecule has 4 rings (SSSR count). The van der Waals surface area contributed by atoms with Crippen molar-refractivity contribution < 1.29 is 58.7 Å². The summed E-state index contributed by atoms with van der Waals surface area (Å²) < 4.78 is 10.2. The van der Waals surface area contributed by atoms with Gasteiger partial charge in [-0.15, -0.1) is 0 Å². The number of carboxylic acid groups (broad SMARTS) is 2. The van der Waals surface area contributed by atoms with E-state index in [-0.39, 0.29) is 43.8 Å². The average Bonchev–Trinajstić information content (AvgIpc) is 3.12. The van der Waals surface area contributed by atoms with Crippen molar-refractivity contribution in [3.8, 4) is 11.5 Å². The van der Waals surface area contributed by atoms with Gasteiger partial charge < -0.3 is 29.9 Å². The molecule has 4 aromatic carbocycles. The van der Waals surface area contributed by atoms with Crippen molar-refractivity contribution in [1.29, 1.82) is 0 Å². The molecule has 0 aliphatic heterocycles. The van der Waals surface area contributed by atoms with Gasteiger partial charge in [-0.25, -0.2) is 0 Å². The number of aliphatic carboxylic acids is 2. The van der Waals surface area contributed by atoms with Crippen molar-refractivity contribution in [2.45, 2.75) is 24.7 Å². The predicted octanol–water partition coefficient (Wildman–Crippen LogP) is 6.31. The number of benzene rings is 4. The van der Waals surface area contributed by atoms with E-state index in [1.807, 2.05) is 0 Å². The van der Waals surface area contributed by atoms with Crippen LogP contribution >= 0.6 is 23.2 Å². The summed E-state index contributed by atoms with van der Waals surface area (Å²) in [6.07, 6.45) is -1.84. The largest absolute Gasteiger partial charge is 0.508 e. The summed E-state index contributed by atoms with van der Waals surface area (Å²) >= 11 is 12.3. The number of Topliss-reactive ketones (excluding diaryl/α,β-unsaturated/α-hetero) is 2. The Bertz CT molecular complexity index is 1940. The lowest BCUT2D eigenvalue weighted by Gasteiger charge is -2.48. The van der Waals surface area contributed by atoms with Gasteiger partial charge in [0.15, 0.2) is 22.4 Å². The molecule has 0 bridgehead atoms. The number of halogens is 2. The molecule has 0 fully saturated rings. The Hall–Kier alpha value is -5.72. The van der Waals surface area contributed by atoms with Crippen LogP contribution in [0.15, 0.2) is 97.1 Å². The van der Waals surface area contributed by atoms with Crippen LogP contribution in [0.2, 0.25) is 10.0 Å². The summed E-state index contributed by atoms with van der Waals surface area (Å²) in [6, 6.07) is 20.0. The van der Waals surface area contributed by atoms with E-state index in [9.17, 15) is 49.2 Å². The van der Waals surface area contributed by atoms with E-state index in [1.54, 1.807) is 0 Å². The second-order valence-electron chi connectivity index (χ2n) is 11.8. The van der Waals surface area contributed by atoms with E-state index in [0.717, 1.165) is 14.2 Å². The average molecular weight is 752 g/mol. The first-order valence-corrected chi connectivity index (χ1v) is 16.2. The number of aromatic hydroxyl groups is 2. The molecule has 14 heteroatoms. The molecule has 270 valence electrons. The van der Waals surface area contributed by atoms with Crippen LogP contribution in [0.1, 0.15) is 56.5 Å². The maximum atomic E-state index is 14.6. The van der Waals surface area contributed by atoms with E-state index in [0.29, 0.717) is 0 Å². The second-order valence-corrected chi connectivity index (χ2v) is 12.6. The first kappa shape index (κ1) is 39.1. The van der Waals surface area contributed by atoms with Crippen LogP contribution in [-0.2, 0) is 28.7 Å². The van der Waals surface area contributed by atoms with Gasteiger partial charge in [0.2, 0.25) is 0 Å². The van der Waals surface area contributed by atoms with Crippen LogP contribution in [0.4, 0.5) is 0 Å². The Kier molecular flexibility index (Phi) is 12.1. The molecule has 4 N–H and O–H groups in total. The molecular formula is C38H32Cl2O12. The molecule has 0 amide bonds. The number of ether oxygens (including phenoxy) is 2. The number of rotatable bonds is 15. The number of carboxylic acids is 2. The molecule has 4 aromatic rings. The Morgan fingerprint density at radius 3 is 1.13 bits per heavy atom. The zero-order valence-electron chi connectivity index (χ0n) is 27.6. The molecule has 0 aliphatic carbocycles. The number of phenols is 2. The van der Waals surface area contributed by atoms with Crippen LogP contribution in [-0.4, -0.2) is 70.1 Å². The highest BCUT2D eigenvalue weighted by Crippen LogP contribution is 2.61. The lowest BCUT2D eigenvalue weighted by Crippen LogP contribution is -2.67. The van der Waals surface area contributed by atoms with Crippen LogP contribution in [0.5, 0.6) is 11.5 Å². The lowest BCUT2D eigenvalue weighted by molar-refractivity contribution is -0.203. The van der Waals surface area contributed by atoms with Gasteiger partial charge in [0.25, 0.3) is 0 Å². The van der Waals surface area contributed by atoms with Crippen molar-refractivity contribution in [1.82, 2.24) is 0 Å². The summed E-state index contributed by atoms with van der Waals surface area (Å²) in [4.78, 5) is 85.3. The molecule has 12 nitrogen and oxygen atoms in total. The van der Waals surface area contributed by atoms with Crippen LogP contribution in [0.25, 0.3) is 0 Å². The molecule has 0 spiro atoms. The van der Waals surface area contributed by atoms with Crippen molar-refractivity contribution in [2.24, 2.45) is 10.8 Å². The molecule has 0 aliphatic rings. The molecule has 0 saturated carbocycles. The smallest absolute Gasteiger partial charge is 0.325 e. The van der Waals surface area contributed by atoms with Crippen molar-refractivity contribution in [2.75, 3.05) is 14.2 Å². The molecule has 0 radical (unpaired) electrons. The molecule has 2 unspecified atom stereocenters. The van der Waals surface area contributed by atoms with Gasteiger partial charge in [0, 0.05) is 45.8 Å². The van der Waals surface area contributed by atoms with Gasteiger partial charge in [-0.2, -0.15) is 0 Å². The van der Waals surface area contributed by atoms with E-state index >= 15 is 0 Å². The van der Waals surface area contributed by atoms with Gasteiger partial charge in [-0.1, -0.05) is 47.5 Å². The zero-order chi connectivity index (χ0) is 38.4. The Labute approximate surface area is 307 Å². The summed E-state index contributed by atoms with van der Waals surface area (Å²) in [5, 5.41) is 42.6. The maximum absolute atomic E-state index is 14.6. The summed E-state index contributed by atoms with van der Waals surface area (Å²) in [7, 11) is 1.60. The summed E-state index contributed by atoms with van der Waals surface area (Å²) in [5.41, 5.74) is -7.48. The zero-order valence-corrected chi connectivity index (χ0v) is 29.1. The fourth-order valence-electron chi connectivity index (χ4n) is 6.62. The monoisotopic (exact) mass is 750 g/mol. The van der Waals surface area contributed by atoms with E-state index in [2.05, 4.69) is 0 Å². The fourth-order valence-corrected chi connectivity index (χ4v) is 6.87. The number of ketones is 2. The minimum atomic E-state index is -3.67. The molecular weight excluding hydrogens is 719 g/mol. The third-order valence-corrected chi connectivity index (χ3v) is 9.56. The standard InChI is InChI=1S/C38H32Cl2O12/c1-51-35(49)38(36(50)52-2,30(22-5-13-26(40)14-6-22)20-32(44)24-9-17-28(42)18-10-24)37(33(45)46,34(47)48)29(21-3-11-25(39)12-4-21)19-31(43)23-7-15-27(41)16-8-23/h3-18,29-30,41-42H,19-20H2,1-2H3,(H,45,46)(H,47,48). The third kappa shape index (κ3) is 7.21. The molecule has 0 saturated heterocycles. The van der Waals surface area contributed by atoms with Gasteiger partial charge in [-0.3, -0.25) is 28.8 Å². The van der Waals surface area contributed by atoms with E-state index in [1.165, 1.54) is 97.1 Å². The Morgan fingerprint density at radius 2 is 0.846 bits per heavy atom.